The van der Waals surface area contributed by atoms with E-state index in [4.69, 9.17) is 16.3 Å². The summed E-state index contributed by atoms with van der Waals surface area (Å²) in [4.78, 5) is 10.6. The van der Waals surface area contributed by atoms with E-state index < -0.39 is 0 Å². The van der Waals surface area contributed by atoms with Crippen molar-refractivity contribution in [1.29, 1.82) is 0 Å². The SMILES string of the molecule is O=[N+]([O-])c1ccc(Cl)cc1CNCCC1CCCCO1. The Bertz CT molecular complexity index is 462. The molecule has 1 heterocycles. The van der Waals surface area contributed by atoms with Gasteiger partial charge in [-0.3, -0.25) is 10.1 Å². The molecule has 1 unspecified atom stereocenters. The van der Waals surface area contributed by atoms with Gasteiger partial charge in [-0.1, -0.05) is 11.6 Å². The molecule has 1 aliphatic heterocycles. The minimum Gasteiger partial charge on any atom is -0.378 e. The molecular formula is C14H19ClN2O3. The maximum absolute atomic E-state index is 10.9. The number of hydrogen-bond donors (Lipinski definition) is 1. The molecule has 0 aliphatic carbocycles. The number of halogens is 1. The zero-order valence-electron chi connectivity index (χ0n) is 11.3. The molecule has 0 bridgehead atoms. The van der Waals surface area contributed by atoms with E-state index in [2.05, 4.69) is 5.32 Å². The van der Waals surface area contributed by atoms with Crippen molar-refractivity contribution in [2.45, 2.75) is 38.3 Å². The van der Waals surface area contributed by atoms with E-state index >= 15 is 0 Å². The zero-order valence-corrected chi connectivity index (χ0v) is 12.1. The van der Waals surface area contributed by atoms with E-state index in [0.717, 1.165) is 32.4 Å². The third kappa shape index (κ3) is 4.44. The summed E-state index contributed by atoms with van der Waals surface area (Å²) >= 11 is 5.89. The van der Waals surface area contributed by atoms with Crippen LogP contribution in [0.25, 0.3) is 0 Å². The van der Waals surface area contributed by atoms with Gasteiger partial charge in [0.15, 0.2) is 0 Å². The number of ether oxygens (including phenoxy) is 1. The number of rotatable bonds is 6. The van der Waals surface area contributed by atoms with Gasteiger partial charge in [0.25, 0.3) is 5.69 Å². The topological polar surface area (TPSA) is 64.4 Å². The Morgan fingerprint density at radius 2 is 2.30 bits per heavy atom. The van der Waals surface area contributed by atoms with Crippen molar-refractivity contribution in [1.82, 2.24) is 5.32 Å². The summed E-state index contributed by atoms with van der Waals surface area (Å²) in [5.41, 5.74) is 0.725. The Morgan fingerprint density at radius 3 is 3.00 bits per heavy atom. The molecule has 2 rings (SSSR count). The zero-order chi connectivity index (χ0) is 14.4. The molecular weight excluding hydrogens is 280 g/mol. The van der Waals surface area contributed by atoms with E-state index in [1.165, 1.54) is 12.5 Å². The molecule has 5 nitrogen and oxygen atoms in total. The van der Waals surface area contributed by atoms with Crippen molar-refractivity contribution in [3.8, 4) is 0 Å². The van der Waals surface area contributed by atoms with E-state index in [1.54, 1.807) is 12.1 Å². The highest BCUT2D eigenvalue weighted by atomic mass is 35.5. The van der Waals surface area contributed by atoms with Gasteiger partial charge in [0.2, 0.25) is 0 Å². The van der Waals surface area contributed by atoms with Gasteiger partial charge in [0.1, 0.15) is 0 Å². The number of hydrogen-bond acceptors (Lipinski definition) is 4. The first-order valence-electron chi connectivity index (χ1n) is 6.92. The van der Waals surface area contributed by atoms with Gasteiger partial charge >= 0.3 is 0 Å². The van der Waals surface area contributed by atoms with Crippen LogP contribution in [0.4, 0.5) is 5.69 Å². The summed E-state index contributed by atoms with van der Waals surface area (Å²) in [6.07, 6.45) is 4.75. The van der Waals surface area contributed by atoms with E-state index in [-0.39, 0.29) is 10.6 Å². The van der Waals surface area contributed by atoms with Crippen molar-refractivity contribution < 1.29 is 9.66 Å². The van der Waals surface area contributed by atoms with Gasteiger partial charge in [-0.05, 0) is 44.4 Å². The Morgan fingerprint density at radius 1 is 1.45 bits per heavy atom. The quantitative estimate of drug-likeness (QED) is 0.497. The number of nitrogens with one attached hydrogen (secondary N) is 1. The Balaban J connectivity index is 1.81. The standard InChI is InChI=1S/C14H19ClN2O3/c15-12-4-5-14(17(18)19)11(9-12)10-16-7-6-13-3-1-2-8-20-13/h4-5,9,13,16H,1-3,6-8,10H2. The molecule has 20 heavy (non-hydrogen) atoms. The van der Waals surface area contributed by atoms with Gasteiger partial charge in [0.05, 0.1) is 11.0 Å². The van der Waals surface area contributed by atoms with Crippen molar-refractivity contribution in [2.75, 3.05) is 13.2 Å². The van der Waals surface area contributed by atoms with Crippen LogP contribution in [0.1, 0.15) is 31.2 Å². The van der Waals surface area contributed by atoms with Gasteiger partial charge in [-0.15, -0.1) is 0 Å². The molecule has 1 fully saturated rings. The largest absolute Gasteiger partial charge is 0.378 e. The highest BCUT2D eigenvalue weighted by Gasteiger charge is 2.15. The van der Waals surface area contributed by atoms with Crippen LogP contribution in [-0.4, -0.2) is 24.2 Å². The van der Waals surface area contributed by atoms with E-state index in [0.29, 0.717) is 23.2 Å². The van der Waals surface area contributed by atoms with Crippen LogP contribution in [0.2, 0.25) is 5.02 Å². The maximum Gasteiger partial charge on any atom is 0.273 e. The first-order chi connectivity index (χ1) is 9.66. The summed E-state index contributed by atoms with van der Waals surface area (Å²) in [6, 6.07) is 4.63. The molecule has 1 saturated heterocycles. The molecule has 1 aromatic rings. The van der Waals surface area contributed by atoms with Crippen LogP contribution in [0.3, 0.4) is 0 Å². The van der Waals surface area contributed by atoms with Crippen LogP contribution in [0, 0.1) is 10.1 Å². The smallest absolute Gasteiger partial charge is 0.273 e. The fourth-order valence-electron chi connectivity index (χ4n) is 2.39. The molecule has 1 aromatic carbocycles. The fraction of sp³-hybridized carbons (Fsp3) is 0.571. The molecule has 1 atom stereocenters. The monoisotopic (exact) mass is 298 g/mol. The molecule has 0 aromatic heterocycles. The third-order valence-corrected chi connectivity index (χ3v) is 3.71. The minimum absolute atomic E-state index is 0.107. The second-order valence-corrected chi connectivity index (χ2v) is 5.42. The Hall–Kier alpha value is -1.17. The summed E-state index contributed by atoms with van der Waals surface area (Å²) in [6.45, 7) is 2.09. The molecule has 110 valence electrons. The molecule has 0 amide bonds. The second kappa shape index (κ2) is 7.57. The van der Waals surface area contributed by atoms with E-state index in [9.17, 15) is 10.1 Å². The second-order valence-electron chi connectivity index (χ2n) is 4.98. The summed E-state index contributed by atoms with van der Waals surface area (Å²) in [5.74, 6) is 0. The normalized spacial score (nSPS) is 18.9. The summed E-state index contributed by atoms with van der Waals surface area (Å²) < 4.78 is 5.64. The molecule has 0 spiro atoms. The molecule has 0 radical (unpaired) electrons. The van der Waals surface area contributed by atoms with Crippen LogP contribution in [0.15, 0.2) is 18.2 Å². The lowest BCUT2D eigenvalue weighted by molar-refractivity contribution is -0.385. The molecule has 1 aliphatic rings. The fourth-order valence-corrected chi connectivity index (χ4v) is 2.59. The molecule has 6 heteroatoms. The van der Waals surface area contributed by atoms with Crippen LogP contribution in [0.5, 0.6) is 0 Å². The van der Waals surface area contributed by atoms with Gasteiger partial charge in [-0.25, -0.2) is 0 Å². The van der Waals surface area contributed by atoms with Gasteiger partial charge in [0, 0.05) is 29.8 Å². The lowest BCUT2D eigenvalue weighted by Crippen LogP contribution is -2.25. The maximum atomic E-state index is 10.9. The molecule has 1 N–H and O–H groups in total. The van der Waals surface area contributed by atoms with Crippen molar-refractivity contribution >= 4 is 17.3 Å². The number of nitrogens with zero attached hydrogens (tertiary/aromatic N) is 1. The predicted octanol–water partition coefficient (Wildman–Crippen LogP) is 3.30. The van der Waals surface area contributed by atoms with Crippen molar-refractivity contribution in [3.63, 3.8) is 0 Å². The third-order valence-electron chi connectivity index (χ3n) is 3.47. The average Bonchev–Trinajstić information content (AvgIpc) is 2.44. The average molecular weight is 299 g/mol. The van der Waals surface area contributed by atoms with Gasteiger partial charge in [-0.2, -0.15) is 0 Å². The lowest BCUT2D eigenvalue weighted by atomic mass is 10.1. The first kappa shape index (κ1) is 15.2. The number of nitro groups is 1. The lowest BCUT2D eigenvalue weighted by Gasteiger charge is -2.22. The van der Waals surface area contributed by atoms with Gasteiger partial charge < -0.3 is 10.1 Å². The highest BCUT2D eigenvalue weighted by molar-refractivity contribution is 6.30. The first-order valence-corrected chi connectivity index (χ1v) is 7.30. The number of benzene rings is 1. The summed E-state index contributed by atoms with van der Waals surface area (Å²) in [7, 11) is 0. The highest BCUT2D eigenvalue weighted by Crippen LogP contribution is 2.22. The summed E-state index contributed by atoms with van der Waals surface area (Å²) in [5, 5.41) is 14.7. The van der Waals surface area contributed by atoms with Crippen LogP contribution < -0.4 is 5.32 Å². The predicted molar refractivity (Wildman–Crippen MR) is 78.0 cm³/mol. The number of nitro benzene ring substituents is 1. The minimum atomic E-state index is -0.377. The van der Waals surface area contributed by atoms with Crippen LogP contribution >= 0.6 is 11.6 Å². The Kier molecular flexibility index (Phi) is 5.76. The van der Waals surface area contributed by atoms with Crippen LogP contribution in [-0.2, 0) is 11.3 Å². The van der Waals surface area contributed by atoms with Crippen molar-refractivity contribution in [2.24, 2.45) is 0 Å². The van der Waals surface area contributed by atoms with Crippen molar-refractivity contribution in [3.05, 3.63) is 38.9 Å². The Labute approximate surface area is 123 Å². The van der Waals surface area contributed by atoms with E-state index in [1.807, 2.05) is 0 Å². The molecule has 0 saturated carbocycles.